The lowest BCUT2D eigenvalue weighted by Crippen LogP contribution is -1.98. The monoisotopic (exact) mass is 174 g/mol. The van der Waals surface area contributed by atoms with Crippen LogP contribution in [0, 0.1) is 13.8 Å². The Hall–Kier alpha value is -1.71. The molecule has 0 unspecified atom stereocenters. The van der Waals surface area contributed by atoms with E-state index in [9.17, 15) is 0 Å². The second-order valence-electron chi connectivity index (χ2n) is 2.82. The highest BCUT2D eigenvalue weighted by Crippen LogP contribution is 2.06. The molecule has 0 aliphatic rings. The summed E-state index contributed by atoms with van der Waals surface area (Å²) < 4.78 is 1.80. The lowest BCUT2D eigenvalue weighted by Gasteiger charge is -2.00. The predicted octanol–water partition coefficient (Wildman–Crippen LogP) is 1.28. The minimum absolute atomic E-state index is 0.786. The predicted molar refractivity (Wildman–Crippen MR) is 48.6 cm³/mol. The van der Waals surface area contributed by atoms with Crippen LogP contribution in [-0.4, -0.2) is 19.7 Å². The Morgan fingerprint density at radius 2 is 1.85 bits per heavy atom. The molecule has 66 valence electrons. The molecule has 0 N–H and O–H groups in total. The van der Waals surface area contributed by atoms with Gasteiger partial charge in [0.05, 0.1) is 5.69 Å². The van der Waals surface area contributed by atoms with Crippen molar-refractivity contribution < 1.29 is 0 Å². The molecular weight excluding hydrogens is 164 g/mol. The molecule has 2 rings (SSSR count). The molecule has 2 aromatic rings. The minimum atomic E-state index is 0.786. The minimum Gasteiger partial charge on any atom is -0.265 e. The van der Waals surface area contributed by atoms with Gasteiger partial charge in [-0.3, -0.25) is 4.98 Å². The van der Waals surface area contributed by atoms with Gasteiger partial charge in [-0.1, -0.05) is 0 Å². The summed E-state index contributed by atoms with van der Waals surface area (Å²) in [7, 11) is 0. The molecule has 13 heavy (non-hydrogen) atoms. The smallest absolute Gasteiger partial charge is 0.148 e. The van der Waals surface area contributed by atoms with Crippen molar-refractivity contribution in [2.75, 3.05) is 0 Å². The van der Waals surface area contributed by atoms with Crippen molar-refractivity contribution in [1.29, 1.82) is 0 Å². The molecule has 0 bridgehead atoms. The highest BCUT2D eigenvalue weighted by molar-refractivity contribution is 5.28. The molecule has 0 atom stereocenters. The molecule has 0 aliphatic heterocycles. The van der Waals surface area contributed by atoms with E-state index in [0.29, 0.717) is 0 Å². The first kappa shape index (κ1) is 7.91. The van der Waals surface area contributed by atoms with Gasteiger partial charge >= 0.3 is 0 Å². The average Bonchev–Trinajstić information content (AvgIpc) is 2.47. The lowest BCUT2D eigenvalue weighted by atomic mass is 10.4. The molecule has 0 radical (unpaired) electrons. The van der Waals surface area contributed by atoms with E-state index in [1.54, 1.807) is 17.1 Å². The summed E-state index contributed by atoms with van der Waals surface area (Å²) in [4.78, 5) is 8.16. The molecule has 2 heterocycles. The van der Waals surface area contributed by atoms with Crippen molar-refractivity contribution in [2.24, 2.45) is 0 Å². The number of nitrogens with zero attached hydrogens (tertiary/aromatic N) is 4. The summed E-state index contributed by atoms with van der Waals surface area (Å²) in [5.74, 6) is 1.68. The van der Waals surface area contributed by atoms with Crippen LogP contribution < -0.4 is 0 Å². The van der Waals surface area contributed by atoms with E-state index < -0.39 is 0 Å². The highest BCUT2D eigenvalue weighted by atomic mass is 15.3. The van der Waals surface area contributed by atoms with Gasteiger partial charge in [0.15, 0.2) is 0 Å². The Kier molecular flexibility index (Phi) is 1.81. The number of hydrogen-bond acceptors (Lipinski definition) is 3. The summed E-state index contributed by atoms with van der Waals surface area (Å²) in [5, 5.41) is 4.26. The quantitative estimate of drug-likeness (QED) is 0.654. The number of aromatic nitrogens is 4. The Morgan fingerprint density at radius 1 is 1.15 bits per heavy atom. The molecule has 0 aliphatic carbocycles. The summed E-state index contributed by atoms with van der Waals surface area (Å²) >= 11 is 0. The second kappa shape index (κ2) is 2.97. The van der Waals surface area contributed by atoms with Crippen LogP contribution in [0.1, 0.15) is 11.6 Å². The maximum absolute atomic E-state index is 4.26. The maximum Gasteiger partial charge on any atom is 0.148 e. The Labute approximate surface area is 76.3 Å². The number of aryl methyl sites for hydroxylation is 2. The number of rotatable bonds is 1. The standard InChI is InChI=1S/C9H10N4/c1-7-11-8(2)13(12-7)9-3-5-10-6-4-9/h3-6H,1-2H3. The van der Waals surface area contributed by atoms with Crippen LogP contribution in [0.4, 0.5) is 0 Å². The molecule has 0 fully saturated rings. The molecule has 0 saturated heterocycles. The molecule has 0 aromatic carbocycles. The molecular formula is C9H10N4. The van der Waals surface area contributed by atoms with Crippen LogP contribution in [0.2, 0.25) is 0 Å². The third kappa shape index (κ3) is 1.42. The first-order chi connectivity index (χ1) is 6.27. The maximum atomic E-state index is 4.26. The molecule has 0 saturated carbocycles. The van der Waals surface area contributed by atoms with Gasteiger partial charge in [-0.2, -0.15) is 5.10 Å². The number of pyridine rings is 1. The van der Waals surface area contributed by atoms with Crippen molar-refractivity contribution in [3.63, 3.8) is 0 Å². The largest absolute Gasteiger partial charge is 0.265 e. The fourth-order valence-electron chi connectivity index (χ4n) is 1.25. The molecule has 4 nitrogen and oxygen atoms in total. The first-order valence-corrected chi connectivity index (χ1v) is 4.08. The van der Waals surface area contributed by atoms with Crippen molar-refractivity contribution in [3.05, 3.63) is 36.2 Å². The van der Waals surface area contributed by atoms with Gasteiger partial charge in [-0.05, 0) is 26.0 Å². The van der Waals surface area contributed by atoms with Gasteiger partial charge in [-0.25, -0.2) is 9.67 Å². The zero-order valence-corrected chi connectivity index (χ0v) is 7.60. The van der Waals surface area contributed by atoms with Gasteiger partial charge in [0.2, 0.25) is 0 Å². The van der Waals surface area contributed by atoms with E-state index in [0.717, 1.165) is 17.3 Å². The van der Waals surface area contributed by atoms with Gasteiger partial charge in [0.1, 0.15) is 11.6 Å². The van der Waals surface area contributed by atoms with Gasteiger partial charge in [-0.15, -0.1) is 0 Å². The summed E-state index contributed by atoms with van der Waals surface area (Å²) in [6.45, 7) is 3.81. The Morgan fingerprint density at radius 3 is 2.38 bits per heavy atom. The van der Waals surface area contributed by atoms with Gasteiger partial charge in [0, 0.05) is 12.4 Å². The van der Waals surface area contributed by atoms with E-state index in [2.05, 4.69) is 15.1 Å². The zero-order valence-electron chi connectivity index (χ0n) is 7.60. The van der Waals surface area contributed by atoms with Crippen molar-refractivity contribution in [2.45, 2.75) is 13.8 Å². The van der Waals surface area contributed by atoms with Crippen molar-refractivity contribution >= 4 is 0 Å². The van der Waals surface area contributed by atoms with Crippen LogP contribution in [0.15, 0.2) is 24.5 Å². The SMILES string of the molecule is Cc1nc(C)n(-c2ccncc2)n1. The summed E-state index contributed by atoms with van der Waals surface area (Å²) in [6.07, 6.45) is 3.48. The fourth-order valence-corrected chi connectivity index (χ4v) is 1.25. The highest BCUT2D eigenvalue weighted by Gasteiger charge is 2.03. The molecule has 4 heteroatoms. The topological polar surface area (TPSA) is 43.6 Å². The van der Waals surface area contributed by atoms with E-state index in [-0.39, 0.29) is 0 Å². The van der Waals surface area contributed by atoms with Crippen LogP contribution >= 0.6 is 0 Å². The fraction of sp³-hybridized carbons (Fsp3) is 0.222. The van der Waals surface area contributed by atoms with E-state index in [1.165, 1.54) is 0 Å². The van der Waals surface area contributed by atoms with Gasteiger partial charge < -0.3 is 0 Å². The van der Waals surface area contributed by atoms with Crippen LogP contribution in [0.5, 0.6) is 0 Å². The molecule has 0 amide bonds. The molecule has 0 spiro atoms. The lowest BCUT2D eigenvalue weighted by molar-refractivity contribution is 0.829. The average molecular weight is 174 g/mol. The van der Waals surface area contributed by atoms with Crippen molar-refractivity contribution in [1.82, 2.24) is 19.7 Å². The van der Waals surface area contributed by atoms with Gasteiger partial charge in [0.25, 0.3) is 0 Å². The first-order valence-electron chi connectivity index (χ1n) is 4.08. The van der Waals surface area contributed by atoms with E-state index in [4.69, 9.17) is 0 Å². The van der Waals surface area contributed by atoms with E-state index >= 15 is 0 Å². The van der Waals surface area contributed by atoms with Crippen LogP contribution in [-0.2, 0) is 0 Å². The second-order valence-corrected chi connectivity index (χ2v) is 2.82. The summed E-state index contributed by atoms with van der Waals surface area (Å²) in [5.41, 5.74) is 0.994. The van der Waals surface area contributed by atoms with Crippen LogP contribution in [0.25, 0.3) is 5.69 Å². The number of hydrogen-bond donors (Lipinski definition) is 0. The van der Waals surface area contributed by atoms with Crippen molar-refractivity contribution in [3.8, 4) is 5.69 Å². The van der Waals surface area contributed by atoms with E-state index in [1.807, 2.05) is 26.0 Å². The Balaban J connectivity index is 2.53. The Bertz CT molecular complexity index is 405. The third-order valence-corrected chi connectivity index (χ3v) is 1.78. The molecule has 2 aromatic heterocycles. The van der Waals surface area contributed by atoms with Crippen LogP contribution in [0.3, 0.4) is 0 Å². The third-order valence-electron chi connectivity index (χ3n) is 1.78. The zero-order chi connectivity index (χ0) is 9.26. The summed E-state index contributed by atoms with van der Waals surface area (Å²) in [6, 6.07) is 3.81. The normalized spacial score (nSPS) is 10.3.